The van der Waals surface area contributed by atoms with E-state index in [0.29, 0.717) is 6.42 Å². The standard InChI is InChI=1S/C13H25O6P/c1-5-8-13(4,10-14)9-11(12(15)16)20(17,18-6-2)19-7-3/h10-11H,5-9H2,1-4H3,(H,15,16). The van der Waals surface area contributed by atoms with Crippen molar-refractivity contribution in [3.05, 3.63) is 0 Å². The molecule has 118 valence electrons. The molecule has 0 aromatic rings. The van der Waals surface area contributed by atoms with E-state index in [0.717, 1.165) is 12.7 Å². The first kappa shape index (κ1) is 19.3. The van der Waals surface area contributed by atoms with E-state index >= 15 is 0 Å². The molecule has 0 heterocycles. The van der Waals surface area contributed by atoms with Gasteiger partial charge in [0.05, 0.1) is 13.2 Å². The Morgan fingerprint density at radius 2 is 1.80 bits per heavy atom. The highest BCUT2D eigenvalue weighted by Gasteiger charge is 2.45. The van der Waals surface area contributed by atoms with Gasteiger partial charge in [-0.15, -0.1) is 0 Å². The minimum atomic E-state index is -3.78. The maximum absolute atomic E-state index is 12.6. The van der Waals surface area contributed by atoms with E-state index < -0.39 is 24.6 Å². The van der Waals surface area contributed by atoms with Crippen LogP contribution in [-0.2, 0) is 23.2 Å². The van der Waals surface area contributed by atoms with Gasteiger partial charge in [-0.1, -0.05) is 20.3 Å². The largest absolute Gasteiger partial charge is 0.481 e. The van der Waals surface area contributed by atoms with E-state index in [9.17, 15) is 19.3 Å². The number of hydrogen-bond acceptors (Lipinski definition) is 5. The third kappa shape index (κ3) is 5.35. The van der Waals surface area contributed by atoms with E-state index in [-0.39, 0.29) is 19.6 Å². The molecule has 1 N–H and O–H groups in total. The number of rotatable bonds is 11. The van der Waals surface area contributed by atoms with Crippen LogP contribution in [-0.4, -0.2) is 36.2 Å². The van der Waals surface area contributed by atoms with E-state index in [1.807, 2.05) is 6.92 Å². The van der Waals surface area contributed by atoms with Crippen molar-refractivity contribution in [2.75, 3.05) is 13.2 Å². The fourth-order valence-corrected chi connectivity index (χ4v) is 4.20. The average Bonchev–Trinajstić information content (AvgIpc) is 2.36. The first-order valence-electron chi connectivity index (χ1n) is 6.86. The number of carboxylic acid groups (broad SMARTS) is 1. The second-order valence-electron chi connectivity index (χ2n) is 4.96. The Morgan fingerprint density at radius 1 is 1.30 bits per heavy atom. The quantitative estimate of drug-likeness (QED) is 0.466. The molecule has 2 atom stereocenters. The number of carbonyl (C=O) groups is 2. The number of aliphatic carboxylic acids is 1. The predicted molar refractivity (Wildman–Crippen MR) is 76.0 cm³/mol. The smallest absolute Gasteiger partial charge is 0.344 e. The summed E-state index contributed by atoms with van der Waals surface area (Å²) in [5.74, 6) is -1.26. The summed E-state index contributed by atoms with van der Waals surface area (Å²) in [4.78, 5) is 22.7. The molecule has 0 saturated carbocycles. The maximum atomic E-state index is 12.6. The predicted octanol–water partition coefficient (Wildman–Crippen LogP) is 3.10. The minimum Gasteiger partial charge on any atom is -0.481 e. The van der Waals surface area contributed by atoms with Gasteiger partial charge in [-0.05, 0) is 26.7 Å². The molecular weight excluding hydrogens is 283 g/mol. The Kier molecular flexibility index (Phi) is 8.25. The zero-order valence-corrected chi connectivity index (χ0v) is 13.5. The Labute approximate surface area is 120 Å². The van der Waals surface area contributed by atoms with Gasteiger partial charge in [0, 0.05) is 5.41 Å². The molecule has 7 heteroatoms. The lowest BCUT2D eigenvalue weighted by atomic mass is 9.82. The van der Waals surface area contributed by atoms with Gasteiger partial charge in [0.15, 0.2) is 5.66 Å². The molecule has 0 fully saturated rings. The van der Waals surface area contributed by atoms with Crippen molar-refractivity contribution in [1.82, 2.24) is 0 Å². The van der Waals surface area contributed by atoms with Gasteiger partial charge in [-0.25, -0.2) is 0 Å². The van der Waals surface area contributed by atoms with Gasteiger partial charge in [0.2, 0.25) is 0 Å². The highest BCUT2D eigenvalue weighted by atomic mass is 31.2. The van der Waals surface area contributed by atoms with Gasteiger partial charge in [0.25, 0.3) is 0 Å². The molecule has 0 spiro atoms. The van der Waals surface area contributed by atoms with Gasteiger partial charge < -0.3 is 18.9 Å². The van der Waals surface area contributed by atoms with Crippen molar-refractivity contribution >= 4 is 19.9 Å². The van der Waals surface area contributed by atoms with Crippen molar-refractivity contribution < 1.29 is 28.3 Å². The third-order valence-corrected chi connectivity index (χ3v) is 5.45. The summed E-state index contributed by atoms with van der Waals surface area (Å²) in [5, 5.41) is 9.34. The molecule has 0 rings (SSSR count). The molecule has 0 aromatic carbocycles. The summed E-state index contributed by atoms with van der Waals surface area (Å²) in [6, 6.07) is 0. The van der Waals surface area contributed by atoms with Crippen LogP contribution in [0.4, 0.5) is 0 Å². The molecule has 0 aliphatic carbocycles. The molecule has 0 bridgehead atoms. The third-order valence-electron chi connectivity index (χ3n) is 3.05. The zero-order valence-electron chi connectivity index (χ0n) is 12.6. The van der Waals surface area contributed by atoms with E-state index in [2.05, 4.69) is 0 Å². The van der Waals surface area contributed by atoms with Crippen LogP contribution in [0.1, 0.15) is 47.0 Å². The first-order chi connectivity index (χ1) is 9.28. The van der Waals surface area contributed by atoms with Crippen LogP contribution >= 0.6 is 7.60 Å². The highest BCUT2D eigenvalue weighted by Crippen LogP contribution is 2.56. The molecule has 0 aliphatic rings. The minimum absolute atomic E-state index is 0.0586. The maximum Gasteiger partial charge on any atom is 0.344 e. The fourth-order valence-electron chi connectivity index (χ4n) is 2.13. The lowest BCUT2D eigenvalue weighted by molar-refractivity contribution is -0.137. The van der Waals surface area contributed by atoms with E-state index in [1.165, 1.54) is 0 Å². The molecule has 0 aromatic heterocycles. The van der Waals surface area contributed by atoms with Gasteiger partial charge in [-0.3, -0.25) is 9.36 Å². The Morgan fingerprint density at radius 3 is 2.10 bits per heavy atom. The summed E-state index contributed by atoms with van der Waals surface area (Å²) >= 11 is 0. The Hall–Kier alpha value is -0.710. The van der Waals surface area contributed by atoms with Crippen LogP contribution in [0, 0.1) is 5.41 Å². The molecule has 6 nitrogen and oxygen atoms in total. The number of carboxylic acids is 1. The van der Waals surface area contributed by atoms with Crippen LogP contribution in [0.15, 0.2) is 0 Å². The number of carbonyl (C=O) groups excluding carboxylic acids is 1. The molecular formula is C13H25O6P. The van der Waals surface area contributed by atoms with Gasteiger partial charge in [-0.2, -0.15) is 0 Å². The molecule has 20 heavy (non-hydrogen) atoms. The topological polar surface area (TPSA) is 89.9 Å². The fraction of sp³-hybridized carbons (Fsp3) is 0.846. The average molecular weight is 308 g/mol. The second-order valence-corrected chi connectivity index (χ2v) is 7.17. The Balaban J connectivity index is 5.35. The lowest BCUT2D eigenvalue weighted by Crippen LogP contribution is -2.32. The first-order valence-corrected chi connectivity index (χ1v) is 8.47. The van der Waals surface area contributed by atoms with Gasteiger partial charge in [0.1, 0.15) is 6.29 Å². The molecule has 2 unspecified atom stereocenters. The normalized spacial score (nSPS) is 16.4. The van der Waals surface area contributed by atoms with Gasteiger partial charge >= 0.3 is 13.6 Å². The molecule has 0 amide bonds. The summed E-state index contributed by atoms with van der Waals surface area (Å²) in [7, 11) is -3.78. The zero-order chi connectivity index (χ0) is 15.8. The van der Waals surface area contributed by atoms with Crippen LogP contribution < -0.4 is 0 Å². The van der Waals surface area contributed by atoms with Crippen molar-refractivity contribution in [2.24, 2.45) is 5.41 Å². The lowest BCUT2D eigenvalue weighted by Gasteiger charge is -2.30. The molecule has 0 aliphatic heterocycles. The van der Waals surface area contributed by atoms with Crippen molar-refractivity contribution in [2.45, 2.75) is 52.6 Å². The number of hydrogen-bond donors (Lipinski definition) is 1. The monoisotopic (exact) mass is 308 g/mol. The van der Waals surface area contributed by atoms with Crippen molar-refractivity contribution in [3.8, 4) is 0 Å². The number of aldehydes is 1. The highest BCUT2D eigenvalue weighted by molar-refractivity contribution is 7.55. The second kappa shape index (κ2) is 8.55. The summed E-state index contributed by atoms with van der Waals surface area (Å²) in [6.45, 7) is 6.99. The molecule has 0 radical (unpaired) electrons. The van der Waals surface area contributed by atoms with Crippen LogP contribution in [0.25, 0.3) is 0 Å². The SMILES string of the molecule is CCCC(C)(C=O)CC(C(=O)O)P(=O)(OCC)OCC. The van der Waals surface area contributed by atoms with E-state index in [1.54, 1.807) is 20.8 Å². The summed E-state index contributed by atoms with van der Waals surface area (Å²) in [6.07, 6.45) is 1.93. The van der Waals surface area contributed by atoms with Crippen LogP contribution in [0.5, 0.6) is 0 Å². The Bertz CT molecular complexity index is 360. The van der Waals surface area contributed by atoms with Crippen molar-refractivity contribution in [1.29, 1.82) is 0 Å². The van der Waals surface area contributed by atoms with Crippen LogP contribution in [0.3, 0.4) is 0 Å². The van der Waals surface area contributed by atoms with E-state index in [4.69, 9.17) is 9.05 Å². The summed E-state index contributed by atoms with van der Waals surface area (Å²) < 4.78 is 22.8. The molecule has 0 saturated heterocycles. The van der Waals surface area contributed by atoms with Crippen molar-refractivity contribution in [3.63, 3.8) is 0 Å². The summed E-state index contributed by atoms with van der Waals surface area (Å²) in [5.41, 5.74) is -2.18. The van der Waals surface area contributed by atoms with Crippen LogP contribution in [0.2, 0.25) is 0 Å².